The van der Waals surface area contributed by atoms with E-state index in [9.17, 15) is 4.79 Å². The first-order valence-electron chi connectivity index (χ1n) is 7.55. The molecule has 0 aromatic carbocycles. The van der Waals surface area contributed by atoms with Crippen LogP contribution in [0.5, 0.6) is 0 Å². The van der Waals surface area contributed by atoms with E-state index in [2.05, 4.69) is 22.9 Å². The molecule has 118 valence electrons. The second-order valence-corrected chi connectivity index (χ2v) is 5.57. The maximum atomic E-state index is 11.8. The van der Waals surface area contributed by atoms with E-state index >= 15 is 0 Å². The fraction of sp³-hybridized carbons (Fsp3) is 0.529. The highest BCUT2D eigenvalue weighted by molar-refractivity contribution is 5.93. The SMILES string of the molecule is CC#CC(=O)N1CCOC(CCc2ccnc(N(C)C)c2)C1. The van der Waals surface area contributed by atoms with Crippen LogP contribution in [0.4, 0.5) is 5.82 Å². The molecule has 0 spiro atoms. The third kappa shape index (κ3) is 4.47. The summed E-state index contributed by atoms with van der Waals surface area (Å²) in [7, 11) is 3.96. The summed E-state index contributed by atoms with van der Waals surface area (Å²) in [5.74, 6) is 6.11. The van der Waals surface area contributed by atoms with Crippen LogP contribution >= 0.6 is 0 Å². The Morgan fingerprint density at radius 1 is 1.55 bits per heavy atom. The minimum absolute atomic E-state index is 0.0762. The van der Waals surface area contributed by atoms with E-state index in [1.807, 2.05) is 31.3 Å². The molecule has 1 unspecified atom stereocenters. The zero-order chi connectivity index (χ0) is 15.9. The zero-order valence-corrected chi connectivity index (χ0v) is 13.5. The number of aryl methyl sites for hydroxylation is 1. The molecule has 1 amide bonds. The van der Waals surface area contributed by atoms with Gasteiger partial charge >= 0.3 is 0 Å². The molecule has 0 saturated carbocycles. The molecule has 22 heavy (non-hydrogen) atoms. The molecule has 2 rings (SSSR count). The minimum atomic E-state index is -0.102. The van der Waals surface area contributed by atoms with Gasteiger partial charge in [-0.05, 0) is 43.4 Å². The predicted octanol–water partition coefficient (Wildman–Crippen LogP) is 1.33. The van der Waals surface area contributed by atoms with E-state index in [1.54, 1.807) is 11.8 Å². The van der Waals surface area contributed by atoms with Gasteiger partial charge in [-0.1, -0.05) is 5.92 Å². The topological polar surface area (TPSA) is 45.7 Å². The molecule has 1 aromatic heterocycles. The quantitative estimate of drug-likeness (QED) is 0.787. The standard InChI is InChI=1S/C17H23N3O2/c1-4-5-17(21)20-10-11-22-15(13-20)7-6-14-8-9-18-16(12-14)19(2)3/h8-9,12,15H,6-7,10-11,13H2,1-3H3. The van der Waals surface area contributed by atoms with Crippen molar-refractivity contribution in [3.8, 4) is 11.8 Å². The first-order chi connectivity index (χ1) is 10.6. The first-order valence-corrected chi connectivity index (χ1v) is 7.55. The van der Waals surface area contributed by atoms with Crippen LogP contribution in [0.1, 0.15) is 18.9 Å². The molecule has 1 aliphatic heterocycles. The van der Waals surface area contributed by atoms with E-state index < -0.39 is 0 Å². The summed E-state index contributed by atoms with van der Waals surface area (Å²) in [5, 5.41) is 0. The zero-order valence-electron chi connectivity index (χ0n) is 13.5. The molecule has 1 atom stereocenters. The number of carbonyl (C=O) groups is 1. The van der Waals surface area contributed by atoms with E-state index in [1.165, 1.54) is 5.56 Å². The summed E-state index contributed by atoms with van der Waals surface area (Å²) in [4.78, 5) is 19.9. The van der Waals surface area contributed by atoms with E-state index in [0.717, 1.165) is 18.7 Å². The monoisotopic (exact) mass is 301 g/mol. The number of hydrogen-bond acceptors (Lipinski definition) is 4. The van der Waals surface area contributed by atoms with Crippen LogP contribution in [-0.2, 0) is 16.0 Å². The van der Waals surface area contributed by atoms with Gasteiger partial charge in [-0.15, -0.1) is 0 Å². The summed E-state index contributed by atoms with van der Waals surface area (Å²) in [5.41, 5.74) is 1.24. The number of anilines is 1. The van der Waals surface area contributed by atoms with Gasteiger partial charge < -0.3 is 14.5 Å². The molecule has 1 aliphatic rings. The van der Waals surface area contributed by atoms with Crippen molar-refractivity contribution >= 4 is 11.7 Å². The Kier molecular flexibility index (Phi) is 5.79. The Balaban J connectivity index is 1.89. The summed E-state index contributed by atoms with van der Waals surface area (Å²) in [6, 6.07) is 4.12. The average molecular weight is 301 g/mol. The summed E-state index contributed by atoms with van der Waals surface area (Å²) in [6.07, 6.45) is 3.71. The normalized spacial score (nSPS) is 17.6. The fourth-order valence-corrected chi connectivity index (χ4v) is 2.45. The van der Waals surface area contributed by atoms with Crippen LogP contribution in [0.15, 0.2) is 18.3 Å². The molecule has 0 aliphatic carbocycles. The number of nitrogens with zero attached hydrogens (tertiary/aromatic N) is 3. The van der Waals surface area contributed by atoms with Gasteiger partial charge in [-0.3, -0.25) is 4.79 Å². The van der Waals surface area contributed by atoms with Crippen LogP contribution < -0.4 is 4.90 Å². The maximum Gasteiger partial charge on any atom is 0.298 e. The van der Waals surface area contributed by atoms with Gasteiger partial charge in [-0.2, -0.15) is 0 Å². The van der Waals surface area contributed by atoms with E-state index in [0.29, 0.717) is 19.7 Å². The Labute approximate surface area is 132 Å². The highest BCUT2D eigenvalue weighted by Gasteiger charge is 2.23. The number of pyridine rings is 1. The molecule has 5 nitrogen and oxygen atoms in total. The second kappa shape index (κ2) is 7.81. The lowest BCUT2D eigenvalue weighted by atomic mass is 10.1. The smallest absolute Gasteiger partial charge is 0.298 e. The molecule has 0 bridgehead atoms. The van der Waals surface area contributed by atoms with Crippen LogP contribution in [0.3, 0.4) is 0 Å². The van der Waals surface area contributed by atoms with Gasteiger partial charge in [0.05, 0.1) is 12.7 Å². The predicted molar refractivity (Wildman–Crippen MR) is 86.7 cm³/mol. The van der Waals surface area contributed by atoms with Crippen molar-refractivity contribution in [3.05, 3.63) is 23.9 Å². The lowest BCUT2D eigenvalue weighted by molar-refractivity contribution is -0.132. The van der Waals surface area contributed by atoms with Crippen molar-refractivity contribution in [2.24, 2.45) is 0 Å². The van der Waals surface area contributed by atoms with Crippen LogP contribution in [0, 0.1) is 11.8 Å². The van der Waals surface area contributed by atoms with Crippen molar-refractivity contribution in [2.45, 2.75) is 25.9 Å². The molecule has 1 fully saturated rings. The van der Waals surface area contributed by atoms with Gasteiger partial charge in [0.15, 0.2) is 0 Å². The van der Waals surface area contributed by atoms with Gasteiger partial charge in [0, 0.05) is 33.4 Å². The third-order valence-corrected chi connectivity index (χ3v) is 3.68. The Morgan fingerprint density at radius 2 is 2.36 bits per heavy atom. The van der Waals surface area contributed by atoms with Gasteiger partial charge in [0.25, 0.3) is 5.91 Å². The van der Waals surface area contributed by atoms with Crippen molar-refractivity contribution in [3.63, 3.8) is 0 Å². The summed E-state index contributed by atoms with van der Waals surface area (Å²) in [6.45, 7) is 3.52. The molecular weight excluding hydrogens is 278 g/mol. The first kappa shape index (κ1) is 16.3. The number of carbonyl (C=O) groups excluding carboxylic acids is 1. The molecule has 1 aromatic rings. The van der Waals surface area contributed by atoms with Crippen molar-refractivity contribution < 1.29 is 9.53 Å². The summed E-state index contributed by atoms with van der Waals surface area (Å²) < 4.78 is 5.77. The number of hydrogen-bond donors (Lipinski definition) is 0. The van der Waals surface area contributed by atoms with Crippen LogP contribution in [0.25, 0.3) is 0 Å². The lowest BCUT2D eigenvalue weighted by Gasteiger charge is -2.31. The molecule has 1 saturated heterocycles. The van der Waals surface area contributed by atoms with Crippen molar-refractivity contribution in [1.82, 2.24) is 9.88 Å². The maximum absolute atomic E-state index is 11.8. The van der Waals surface area contributed by atoms with Gasteiger partial charge in [-0.25, -0.2) is 4.98 Å². The van der Waals surface area contributed by atoms with Crippen molar-refractivity contribution in [2.75, 3.05) is 38.7 Å². The number of aromatic nitrogens is 1. The molecular formula is C17H23N3O2. The molecule has 2 heterocycles. The van der Waals surface area contributed by atoms with Crippen molar-refractivity contribution in [1.29, 1.82) is 0 Å². The average Bonchev–Trinajstić information content (AvgIpc) is 2.54. The second-order valence-electron chi connectivity index (χ2n) is 5.57. The highest BCUT2D eigenvalue weighted by atomic mass is 16.5. The molecule has 0 radical (unpaired) electrons. The summed E-state index contributed by atoms with van der Waals surface area (Å²) >= 11 is 0. The highest BCUT2D eigenvalue weighted by Crippen LogP contribution is 2.15. The number of morpholine rings is 1. The number of ether oxygens (including phenoxy) is 1. The minimum Gasteiger partial charge on any atom is -0.375 e. The Morgan fingerprint density at radius 3 is 3.09 bits per heavy atom. The number of amides is 1. The third-order valence-electron chi connectivity index (χ3n) is 3.68. The van der Waals surface area contributed by atoms with E-state index in [4.69, 9.17) is 4.74 Å². The van der Waals surface area contributed by atoms with Crippen LogP contribution in [0.2, 0.25) is 0 Å². The van der Waals surface area contributed by atoms with E-state index in [-0.39, 0.29) is 12.0 Å². The number of rotatable bonds is 4. The lowest BCUT2D eigenvalue weighted by Crippen LogP contribution is -2.45. The fourth-order valence-electron chi connectivity index (χ4n) is 2.45. The van der Waals surface area contributed by atoms with Crippen LogP contribution in [-0.4, -0.2) is 55.7 Å². The Hall–Kier alpha value is -2.06. The van der Waals surface area contributed by atoms with Gasteiger partial charge in [0.2, 0.25) is 0 Å². The van der Waals surface area contributed by atoms with Gasteiger partial charge in [0.1, 0.15) is 5.82 Å². The largest absolute Gasteiger partial charge is 0.375 e. The molecule has 0 N–H and O–H groups in total. The Bertz CT molecular complexity index is 575. The molecule has 5 heteroatoms.